The molecule has 0 fully saturated rings. The highest BCUT2D eigenvalue weighted by molar-refractivity contribution is 6.30. The summed E-state index contributed by atoms with van der Waals surface area (Å²) in [5, 5.41) is 3.18. The van der Waals surface area contributed by atoms with Crippen LogP contribution in [-0.4, -0.2) is 10.1 Å². The molecule has 9 heteroatoms. The van der Waals surface area contributed by atoms with Crippen LogP contribution in [0.2, 0.25) is 5.02 Å². The molecule has 0 aliphatic rings. The minimum atomic E-state index is -4.76. The van der Waals surface area contributed by atoms with Gasteiger partial charge >= 0.3 is 12.1 Å². The molecule has 0 spiro atoms. The van der Waals surface area contributed by atoms with Crippen molar-refractivity contribution in [2.24, 2.45) is 5.73 Å². The van der Waals surface area contributed by atoms with E-state index in [0.717, 1.165) is 12.1 Å². The first-order valence-corrected chi connectivity index (χ1v) is 5.27. The second-order valence-corrected chi connectivity index (χ2v) is 4.07. The number of nitrogens with two attached hydrogens (primary N) is 1. The van der Waals surface area contributed by atoms with E-state index < -0.39 is 29.8 Å². The van der Waals surface area contributed by atoms with Gasteiger partial charge in [0.2, 0.25) is 0 Å². The lowest BCUT2D eigenvalue weighted by atomic mass is 10.1. The first kappa shape index (κ1) is 13.8. The summed E-state index contributed by atoms with van der Waals surface area (Å²) in [6.07, 6.45) is -4.76. The largest absolute Gasteiger partial charge is 0.471 e. The highest BCUT2D eigenvalue weighted by Crippen LogP contribution is 2.29. The number of aromatic nitrogens is 2. The minimum absolute atomic E-state index is 0.0602. The summed E-state index contributed by atoms with van der Waals surface area (Å²) in [4.78, 5) is 3.12. The van der Waals surface area contributed by atoms with E-state index >= 15 is 0 Å². The molecule has 0 bridgehead atoms. The summed E-state index contributed by atoms with van der Waals surface area (Å²) in [5.74, 6) is -2.59. The van der Waals surface area contributed by atoms with Crippen LogP contribution in [-0.2, 0) is 6.18 Å². The van der Waals surface area contributed by atoms with Gasteiger partial charge in [-0.2, -0.15) is 18.2 Å². The van der Waals surface area contributed by atoms with Gasteiger partial charge in [-0.05, 0) is 23.8 Å². The quantitative estimate of drug-likeness (QED) is 0.865. The van der Waals surface area contributed by atoms with Gasteiger partial charge < -0.3 is 10.3 Å². The van der Waals surface area contributed by atoms with Crippen LogP contribution in [0.3, 0.4) is 0 Å². The maximum atomic E-state index is 13.1. The summed E-state index contributed by atoms with van der Waals surface area (Å²) >= 11 is 5.62. The smallest absolute Gasteiger partial charge is 0.329 e. The molecule has 2 aromatic rings. The number of rotatable bonds is 2. The highest BCUT2D eigenvalue weighted by atomic mass is 35.5. The molecule has 0 aliphatic carbocycles. The van der Waals surface area contributed by atoms with Crippen molar-refractivity contribution in [2.45, 2.75) is 12.2 Å². The van der Waals surface area contributed by atoms with Crippen LogP contribution >= 0.6 is 11.6 Å². The number of benzene rings is 1. The standard InChI is InChI=1S/C10H6ClF4N3O/c11-5-1-4(2-6(12)3-5)7(16)8-17-9(19-18-8)10(13,14)15/h1-3,7H,16H2. The normalized spacial score (nSPS) is 13.6. The zero-order valence-corrected chi connectivity index (χ0v) is 9.84. The van der Waals surface area contributed by atoms with E-state index in [0.29, 0.717) is 0 Å². The number of hydrogen-bond acceptors (Lipinski definition) is 4. The first-order valence-electron chi connectivity index (χ1n) is 4.90. The lowest BCUT2D eigenvalue weighted by Crippen LogP contribution is -2.14. The maximum absolute atomic E-state index is 13.1. The van der Waals surface area contributed by atoms with E-state index in [9.17, 15) is 17.6 Å². The Bertz CT molecular complexity index is 578. The Labute approximate surface area is 109 Å². The molecule has 4 nitrogen and oxygen atoms in total. The lowest BCUT2D eigenvalue weighted by molar-refractivity contribution is -0.159. The number of hydrogen-bond donors (Lipinski definition) is 1. The van der Waals surface area contributed by atoms with E-state index in [2.05, 4.69) is 14.7 Å². The molecular weight excluding hydrogens is 290 g/mol. The fraction of sp³-hybridized carbons (Fsp3) is 0.200. The third kappa shape index (κ3) is 3.02. The summed E-state index contributed by atoms with van der Waals surface area (Å²) in [5.41, 5.74) is 5.77. The third-order valence-corrected chi connectivity index (χ3v) is 2.42. The van der Waals surface area contributed by atoms with Crippen molar-refractivity contribution in [1.82, 2.24) is 10.1 Å². The fourth-order valence-corrected chi connectivity index (χ4v) is 1.61. The molecule has 1 aromatic carbocycles. The van der Waals surface area contributed by atoms with E-state index in [-0.39, 0.29) is 10.6 Å². The summed E-state index contributed by atoms with van der Waals surface area (Å²) in [6.45, 7) is 0. The van der Waals surface area contributed by atoms with Crippen molar-refractivity contribution in [3.8, 4) is 0 Å². The summed E-state index contributed by atoms with van der Waals surface area (Å²) < 4.78 is 54.0. The summed E-state index contributed by atoms with van der Waals surface area (Å²) in [6, 6.07) is 2.20. The maximum Gasteiger partial charge on any atom is 0.471 e. The third-order valence-electron chi connectivity index (χ3n) is 2.21. The predicted octanol–water partition coefficient (Wildman–Crippen LogP) is 2.93. The van der Waals surface area contributed by atoms with Gasteiger partial charge in [-0.1, -0.05) is 16.8 Å². The zero-order chi connectivity index (χ0) is 14.2. The molecule has 1 atom stereocenters. The Morgan fingerprint density at radius 1 is 1.26 bits per heavy atom. The topological polar surface area (TPSA) is 64.9 Å². The molecule has 0 radical (unpaired) electrons. The van der Waals surface area contributed by atoms with Gasteiger partial charge in [0.25, 0.3) is 0 Å². The highest BCUT2D eigenvalue weighted by Gasteiger charge is 2.39. The van der Waals surface area contributed by atoms with Crippen LogP contribution in [0.1, 0.15) is 23.3 Å². The van der Waals surface area contributed by atoms with Crippen LogP contribution in [0.5, 0.6) is 0 Å². The van der Waals surface area contributed by atoms with Gasteiger partial charge in [-0.3, -0.25) is 0 Å². The average Bonchev–Trinajstić information content (AvgIpc) is 2.75. The molecule has 102 valence electrons. The molecular formula is C10H6ClF4N3O. The molecule has 2 N–H and O–H groups in total. The van der Waals surface area contributed by atoms with Crippen LogP contribution in [0.25, 0.3) is 0 Å². The van der Waals surface area contributed by atoms with E-state index in [1.165, 1.54) is 6.07 Å². The molecule has 0 amide bonds. The van der Waals surface area contributed by atoms with Crippen molar-refractivity contribution >= 4 is 11.6 Å². The van der Waals surface area contributed by atoms with Gasteiger partial charge in [-0.25, -0.2) is 4.39 Å². The molecule has 1 heterocycles. The second-order valence-electron chi connectivity index (χ2n) is 3.64. The van der Waals surface area contributed by atoms with Gasteiger partial charge in [-0.15, -0.1) is 0 Å². The summed E-state index contributed by atoms with van der Waals surface area (Å²) in [7, 11) is 0. The monoisotopic (exact) mass is 295 g/mol. The Morgan fingerprint density at radius 3 is 2.47 bits per heavy atom. The van der Waals surface area contributed by atoms with Crippen molar-refractivity contribution in [1.29, 1.82) is 0 Å². The van der Waals surface area contributed by atoms with Crippen molar-refractivity contribution < 1.29 is 22.1 Å². The zero-order valence-electron chi connectivity index (χ0n) is 9.08. The average molecular weight is 296 g/mol. The molecule has 0 saturated heterocycles. The van der Waals surface area contributed by atoms with Gasteiger partial charge in [0.15, 0.2) is 5.82 Å². The molecule has 1 aromatic heterocycles. The number of halogens is 5. The number of alkyl halides is 3. The van der Waals surface area contributed by atoms with Gasteiger partial charge in [0, 0.05) is 5.02 Å². The van der Waals surface area contributed by atoms with E-state index in [4.69, 9.17) is 17.3 Å². The SMILES string of the molecule is NC(c1cc(F)cc(Cl)c1)c1noc(C(F)(F)F)n1. The molecule has 1 unspecified atom stereocenters. The van der Waals surface area contributed by atoms with Crippen LogP contribution in [0.15, 0.2) is 22.7 Å². The predicted molar refractivity (Wildman–Crippen MR) is 56.7 cm³/mol. The lowest BCUT2D eigenvalue weighted by Gasteiger charge is -2.07. The molecule has 2 rings (SSSR count). The Balaban J connectivity index is 2.33. The Hall–Kier alpha value is -1.67. The van der Waals surface area contributed by atoms with Crippen molar-refractivity contribution in [3.05, 3.63) is 46.3 Å². The fourth-order valence-electron chi connectivity index (χ4n) is 1.38. The second kappa shape index (κ2) is 4.78. The molecule has 19 heavy (non-hydrogen) atoms. The minimum Gasteiger partial charge on any atom is -0.329 e. The van der Waals surface area contributed by atoms with Gasteiger partial charge in [0.1, 0.15) is 5.82 Å². The van der Waals surface area contributed by atoms with Gasteiger partial charge in [0.05, 0.1) is 6.04 Å². The van der Waals surface area contributed by atoms with Crippen LogP contribution in [0.4, 0.5) is 17.6 Å². The Kier molecular flexibility index (Phi) is 3.46. The van der Waals surface area contributed by atoms with Crippen LogP contribution < -0.4 is 5.73 Å². The van der Waals surface area contributed by atoms with Crippen LogP contribution in [0, 0.1) is 5.82 Å². The van der Waals surface area contributed by atoms with Crippen molar-refractivity contribution in [3.63, 3.8) is 0 Å². The molecule has 0 aliphatic heterocycles. The van der Waals surface area contributed by atoms with Crippen molar-refractivity contribution in [2.75, 3.05) is 0 Å². The Morgan fingerprint density at radius 2 is 1.95 bits per heavy atom. The number of nitrogens with zero attached hydrogens (tertiary/aromatic N) is 2. The van der Waals surface area contributed by atoms with E-state index in [1.54, 1.807) is 0 Å². The van der Waals surface area contributed by atoms with E-state index in [1.807, 2.05) is 0 Å². The first-order chi connectivity index (χ1) is 8.77. The molecule has 0 saturated carbocycles.